The van der Waals surface area contributed by atoms with E-state index in [2.05, 4.69) is 41.3 Å². The van der Waals surface area contributed by atoms with Crippen molar-refractivity contribution in [3.8, 4) is 5.75 Å². The van der Waals surface area contributed by atoms with Gasteiger partial charge in [0.15, 0.2) is 0 Å². The second-order valence-electron chi connectivity index (χ2n) is 7.10. The summed E-state index contributed by atoms with van der Waals surface area (Å²) in [7, 11) is 0. The van der Waals surface area contributed by atoms with Crippen LogP contribution in [0.25, 0.3) is 0 Å². The van der Waals surface area contributed by atoms with Gasteiger partial charge in [0.05, 0.1) is 0 Å². The number of benzene rings is 2. The highest BCUT2D eigenvalue weighted by Crippen LogP contribution is 2.22. The summed E-state index contributed by atoms with van der Waals surface area (Å²) in [4.78, 5) is 2.63. The first-order valence-corrected chi connectivity index (χ1v) is 9.34. The van der Waals surface area contributed by atoms with Crippen molar-refractivity contribution in [2.45, 2.75) is 38.5 Å². The molecule has 1 N–H and O–H groups in total. The predicted octanol–water partition coefficient (Wildman–Crippen LogP) is 4.67. The van der Waals surface area contributed by atoms with E-state index >= 15 is 0 Å². The Morgan fingerprint density at radius 3 is 2.38 bits per heavy atom. The summed E-state index contributed by atoms with van der Waals surface area (Å²) < 4.78 is 0. The Balaban J connectivity index is 1.31. The van der Waals surface area contributed by atoms with E-state index in [-0.39, 0.29) is 0 Å². The third-order valence-corrected chi connectivity index (χ3v) is 5.17. The quantitative estimate of drug-likeness (QED) is 0.749. The number of hydrogen-bond acceptors (Lipinski definition) is 2. The molecule has 2 nitrogen and oxygen atoms in total. The normalized spacial score (nSPS) is 16.3. The van der Waals surface area contributed by atoms with E-state index in [0.29, 0.717) is 5.75 Å². The van der Waals surface area contributed by atoms with Crippen molar-refractivity contribution >= 4 is 0 Å². The molecule has 0 aromatic heterocycles. The monoisotopic (exact) mass is 323 g/mol. The molecule has 1 fully saturated rings. The van der Waals surface area contributed by atoms with Crippen LogP contribution >= 0.6 is 0 Å². The van der Waals surface area contributed by atoms with E-state index in [9.17, 15) is 5.11 Å². The summed E-state index contributed by atoms with van der Waals surface area (Å²) >= 11 is 0. The number of phenolic OH excluding ortho intramolecular Hbond substituents is 1. The van der Waals surface area contributed by atoms with E-state index < -0.39 is 0 Å². The van der Waals surface area contributed by atoms with Crippen molar-refractivity contribution in [2.75, 3.05) is 19.6 Å². The maximum absolute atomic E-state index is 9.50. The highest BCUT2D eigenvalue weighted by molar-refractivity contribution is 5.27. The van der Waals surface area contributed by atoms with E-state index in [1.165, 1.54) is 62.9 Å². The van der Waals surface area contributed by atoms with Gasteiger partial charge in [0.1, 0.15) is 5.75 Å². The summed E-state index contributed by atoms with van der Waals surface area (Å²) in [5.74, 6) is 1.24. The fourth-order valence-electron chi connectivity index (χ4n) is 3.74. The number of aromatic hydroxyl groups is 1. The predicted molar refractivity (Wildman–Crippen MR) is 100 cm³/mol. The Kier molecular flexibility index (Phi) is 6.31. The van der Waals surface area contributed by atoms with Crippen molar-refractivity contribution in [3.63, 3.8) is 0 Å². The maximum Gasteiger partial charge on any atom is 0.115 e. The van der Waals surface area contributed by atoms with Crippen LogP contribution in [0.4, 0.5) is 0 Å². The van der Waals surface area contributed by atoms with E-state index in [4.69, 9.17) is 0 Å². The van der Waals surface area contributed by atoms with Crippen LogP contribution in [-0.2, 0) is 12.8 Å². The minimum Gasteiger partial charge on any atom is -0.508 e. The molecule has 0 saturated carbocycles. The number of aryl methyl sites for hydroxylation is 1. The average molecular weight is 323 g/mol. The fraction of sp³-hybridized carbons (Fsp3) is 0.455. The number of likely N-dealkylation sites (tertiary alicyclic amines) is 1. The minimum atomic E-state index is 0.382. The van der Waals surface area contributed by atoms with Gasteiger partial charge in [0, 0.05) is 0 Å². The largest absolute Gasteiger partial charge is 0.508 e. The van der Waals surface area contributed by atoms with Gasteiger partial charge in [0.25, 0.3) is 0 Å². The highest BCUT2D eigenvalue weighted by Gasteiger charge is 2.18. The van der Waals surface area contributed by atoms with Gasteiger partial charge in [-0.3, -0.25) is 0 Å². The Hall–Kier alpha value is -1.80. The molecule has 1 heterocycles. The fourth-order valence-corrected chi connectivity index (χ4v) is 3.74. The highest BCUT2D eigenvalue weighted by atomic mass is 16.3. The topological polar surface area (TPSA) is 23.5 Å². The van der Waals surface area contributed by atoms with Crippen LogP contribution in [-0.4, -0.2) is 29.6 Å². The van der Waals surface area contributed by atoms with Crippen molar-refractivity contribution in [1.29, 1.82) is 0 Å². The first-order valence-electron chi connectivity index (χ1n) is 9.34. The number of unbranched alkanes of at least 4 members (excludes halogenated alkanes) is 1. The van der Waals surface area contributed by atoms with Crippen molar-refractivity contribution in [1.82, 2.24) is 4.90 Å². The zero-order valence-corrected chi connectivity index (χ0v) is 14.5. The molecule has 0 radical (unpaired) electrons. The number of nitrogens with zero attached hydrogens (tertiary/aromatic N) is 1. The van der Waals surface area contributed by atoms with Crippen LogP contribution in [0.3, 0.4) is 0 Å². The third kappa shape index (κ3) is 5.38. The Morgan fingerprint density at radius 2 is 1.62 bits per heavy atom. The Morgan fingerprint density at radius 1 is 0.875 bits per heavy atom. The van der Waals surface area contributed by atoms with Crippen LogP contribution < -0.4 is 0 Å². The molecular weight excluding hydrogens is 294 g/mol. The van der Waals surface area contributed by atoms with Gasteiger partial charge in [-0.25, -0.2) is 0 Å². The standard InChI is InChI=1S/C22H29NO/c24-22-11-6-10-20(18-22)9-4-5-14-23-15-12-21(13-16-23)17-19-7-2-1-3-8-19/h1-3,6-8,10-11,18,21,24H,4-5,9,12-17H2. The third-order valence-electron chi connectivity index (χ3n) is 5.17. The lowest BCUT2D eigenvalue weighted by molar-refractivity contribution is 0.181. The number of piperidine rings is 1. The molecule has 0 aliphatic carbocycles. The molecule has 0 amide bonds. The Bertz CT molecular complexity index is 602. The number of phenols is 1. The van der Waals surface area contributed by atoms with Gasteiger partial charge in [-0.05, 0) is 87.3 Å². The molecule has 1 saturated heterocycles. The molecule has 0 atom stereocenters. The molecule has 1 aliphatic rings. The summed E-state index contributed by atoms with van der Waals surface area (Å²) in [6.45, 7) is 3.73. The van der Waals surface area contributed by atoms with Gasteiger partial charge in [-0.15, -0.1) is 0 Å². The maximum atomic E-state index is 9.50. The lowest BCUT2D eigenvalue weighted by Crippen LogP contribution is -2.35. The summed E-state index contributed by atoms with van der Waals surface area (Å²) in [6, 6.07) is 18.6. The van der Waals surface area contributed by atoms with Crippen molar-refractivity contribution in [2.24, 2.45) is 5.92 Å². The van der Waals surface area contributed by atoms with Gasteiger partial charge in [0.2, 0.25) is 0 Å². The minimum absolute atomic E-state index is 0.382. The van der Waals surface area contributed by atoms with E-state index in [0.717, 1.165) is 12.3 Å². The summed E-state index contributed by atoms with van der Waals surface area (Å²) in [5.41, 5.74) is 2.73. The average Bonchev–Trinajstić information content (AvgIpc) is 2.61. The summed E-state index contributed by atoms with van der Waals surface area (Å²) in [5, 5.41) is 9.50. The molecule has 1 aliphatic heterocycles. The summed E-state index contributed by atoms with van der Waals surface area (Å²) in [6.07, 6.45) is 7.43. The zero-order chi connectivity index (χ0) is 16.6. The van der Waals surface area contributed by atoms with Gasteiger partial charge in [-0.1, -0.05) is 42.5 Å². The van der Waals surface area contributed by atoms with Crippen LogP contribution in [0.2, 0.25) is 0 Å². The SMILES string of the molecule is Oc1cccc(CCCCN2CCC(Cc3ccccc3)CC2)c1. The van der Waals surface area contributed by atoms with Crippen LogP contribution in [0.5, 0.6) is 5.75 Å². The van der Waals surface area contributed by atoms with Crippen molar-refractivity contribution in [3.05, 3.63) is 65.7 Å². The lowest BCUT2D eigenvalue weighted by Gasteiger charge is -2.32. The zero-order valence-electron chi connectivity index (χ0n) is 14.5. The molecule has 128 valence electrons. The molecule has 2 aromatic carbocycles. The molecule has 0 spiro atoms. The smallest absolute Gasteiger partial charge is 0.115 e. The van der Waals surface area contributed by atoms with Gasteiger partial charge >= 0.3 is 0 Å². The first-order chi connectivity index (χ1) is 11.8. The molecule has 24 heavy (non-hydrogen) atoms. The van der Waals surface area contributed by atoms with Crippen molar-refractivity contribution < 1.29 is 5.11 Å². The van der Waals surface area contributed by atoms with Crippen LogP contribution in [0, 0.1) is 5.92 Å². The van der Waals surface area contributed by atoms with Gasteiger partial charge < -0.3 is 10.0 Å². The number of hydrogen-bond donors (Lipinski definition) is 1. The first kappa shape index (κ1) is 17.0. The lowest BCUT2D eigenvalue weighted by atomic mass is 9.90. The van der Waals surface area contributed by atoms with Crippen LogP contribution in [0.1, 0.15) is 36.8 Å². The van der Waals surface area contributed by atoms with E-state index in [1.54, 1.807) is 6.07 Å². The van der Waals surface area contributed by atoms with Gasteiger partial charge in [-0.2, -0.15) is 0 Å². The molecule has 0 bridgehead atoms. The molecule has 3 rings (SSSR count). The molecule has 2 heteroatoms. The second kappa shape index (κ2) is 8.89. The Labute approximate surface area is 146 Å². The second-order valence-corrected chi connectivity index (χ2v) is 7.10. The molecule has 0 unspecified atom stereocenters. The molecule has 2 aromatic rings. The number of rotatable bonds is 7. The van der Waals surface area contributed by atoms with Crippen LogP contribution in [0.15, 0.2) is 54.6 Å². The molecular formula is C22H29NO. The van der Waals surface area contributed by atoms with E-state index in [1.807, 2.05) is 12.1 Å².